The lowest BCUT2D eigenvalue weighted by Gasteiger charge is -2.22. The maximum atomic E-state index is 9.09. The second-order valence-electron chi connectivity index (χ2n) is 3.80. The molecule has 0 aromatic heterocycles. The molecule has 1 aliphatic heterocycles. The Labute approximate surface area is 86.7 Å². The molecule has 2 nitrogen and oxygen atoms in total. The van der Waals surface area contributed by atoms with Crippen molar-refractivity contribution < 1.29 is 5.11 Å². The molecule has 78 valence electrons. The van der Waals surface area contributed by atoms with E-state index in [0.717, 1.165) is 5.75 Å². The van der Waals surface area contributed by atoms with Crippen molar-refractivity contribution in [2.45, 2.75) is 38.1 Å². The van der Waals surface area contributed by atoms with Crippen LogP contribution in [-0.2, 0) is 0 Å². The highest BCUT2D eigenvalue weighted by Crippen LogP contribution is 2.17. The predicted octanol–water partition coefficient (Wildman–Crippen LogP) is 1.54. The molecule has 1 rings (SSSR count). The van der Waals surface area contributed by atoms with E-state index >= 15 is 0 Å². The van der Waals surface area contributed by atoms with Crippen LogP contribution in [-0.4, -0.2) is 41.5 Å². The Hall–Kier alpha value is 0.270. The fraction of sp³-hybridized carbons (Fsp3) is 1.00. The van der Waals surface area contributed by atoms with E-state index in [2.05, 4.69) is 17.5 Å². The lowest BCUT2D eigenvalue weighted by atomic mass is 10.2. The number of unbranched alkanes of at least 4 members (excludes halogenated alkanes) is 2. The summed E-state index contributed by atoms with van der Waals surface area (Å²) in [5.41, 5.74) is 0. The van der Waals surface area contributed by atoms with Crippen molar-refractivity contribution in [3.8, 4) is 0 Å². The molecule has 1 fully saturated rings. The predicted molar refractivity (Wildman–Crippen MR) is 59.4 cm³/mol. The van der Waals surface area contributed by atoms with Gasteiger partial charge in [0, 0.05) is 6.04 Å². The first-order chi connectivity index (χ1) is 6.38. The van der Waals surface area contributed by atoms with Crippen LogP contribution in [0.3, 0.4) is 0 Å². The third kappa shape index (κ3) is 3.88. The standard InChI is InChI=1S/C10H21NOS/c12-9-10-5-4-7-11(10)6-2-1-3-8-13/h10,12-13H,1-9H2. The van der Waals surface area contributed by atoms with Crippen molar-refractivity contribution >= 4 is 12.6 Å². The van der Waals surface area contributed by atoms with Crippen molar-refractivity contribution in [2.24, 2.45) is 0 Å². The van der Waals surface area contributed by atoms with Crippen molar-refractivity contribution in [2.75, 3.05) is 25.4 Å². The molecule has 1 unspecified atom stereocenters. The van der Waals surface area contributed by atoms with E-state index in [4.69, 9.17) is 5.11 Å². The van der Waals surface area contributed by atoms with E-state index in [1.807, 2.05) is 0 Å². The second kappa shape index (κ2) is 6.68. The topological polar surface area (TPSA) is 23.5 Å². The van der Waals surface area contributed by atoms with E-state index in [1.165, 1.54) is 45.2 Å². The number of nitrogens with zero attached hydrogens (tertiary/aromatic N) is 1. The zero-order valence-electron chi connectivity index (χ0n) is 8.28. The van der Waals surface area contributed by atoms with Gasteiger partial charge in [-0.2, -0.15) is 12.6 Å². The minimum absolute atomic E-state index is 0.340. The summed E-state index contributed by atoms with van der Waals surface area (Å²) in [6.07, 6.45) is 6.21. The normalized spacial score (nSPS) is 24.0. The summed E-state index contributed by atoms with van der Waals surface area (Å²) in [7, 11) is 0. The van der Waals surface area contributed by atoms with Crippen LogP contribution in [0.5, 0.6) is 0 Å². The molecule has 0 aromatic rings. The molecule has 13 heavy (non-hydrogen) atoms. The van der Waals surface area contributed by atoms with Gasteiger partial charge in [-0.05, 0) is 44.5 Å². The third-order valence-electron chi connectivity index (χ3n) is 2.81. The zero-order valence-corrected chi connectivity index (χ0v) is 9.18. The van der Waals surface area contributed by atoms with Gasteiger partial charge in [0.25, 0.3) is 0 Å². The highest BCUT2D eigenvalue weighted by Gasteiger charge is 2.22. The monoisotopic (exact) mass is 203 g/mol. The molecule has 3 heteroatoms. The Morgan fingerprint density at radius 1 is 1.31 bits per heavy atom. The van der Waals surface area contributed by atoms with Crippen molar-refractivity contribution in [3.05, 3.63) is 0 Å². The van der Waals surface area contributed by atoms with Crippen molar-refractivity contribution in [1.29, 1.82) is 0 Å². The fourth-order valence-corrected chi connectivity index (χ4v) is 2.22. The van der Waals surface area contributed by atoms with Crippen LogP contribution in [0.25, 0.3) is 0 Å². The lowest BCUT2D eigenvalue weighted by molar-refractivity contribution is 0.157. The Morgan fingerprint density at radius 2 is 2.15 bits per heavy atom. The van der Waals surface area contributed by atoms with Gasteiger partial charge in [0.2, 0.25) is 0 Å². The molecule has 1 aliphatic rings. The molecule has 0 amide bonds. The number of aliphatic hydroxyl groups excluding tert-OH is 1. The average Bonchev–Trinajstić information content (AvgIpc) is 2.60. The number of aliphatic hydroxyl groups is 1. The van der Waals surface area contributed by atoms with Gasteiger partial charge < -0.3 is 5.11 Å². The van der Waals surface area contributed by atoms with Crippen molar-refractivity contribution in [3.63, 3.8) is 0 Å². The summed E-state index contributed by atoms with van der Waals surface area (Å²) in [5, 5.41) is 9.09. The summed E-state index contributed by atoms with van der Waals surface area (Å²) in [4.78, 5) is 2.43. The van der Waals surface area contributed by atoms with Gasteiger partial charge in [0.15, 0.2) is 0 Å². The third-order valence-corrected chi connectivity index (χ3v) is 3.13. The molecule has 1 atom stereocenters. The molecule has 0 bridgehead atoms. The van der Waals surface area contributed by atoms with E-state index < -0.39 is 0 Å². The average molecular weight is 203 g/mol. The van der Waals surface area contributed by atoms with Gasteiger partial charge in [-0.25, -0.2) is 0 Å². The van der Waals surface area contributed by atoms with Gasteiger partial charge in [0.1, 0.15) is 0 Å². The maximum Gasteiger partial charge on any atom is 0.0586 e. The molecular formula is C10H21NOS. The largest absolute Gasteiger partial charge is 0.395 e. The van der Waals surface area contributed by atoms with Crippen LogP contribution in [0, 0.1) is 0 Å². The molecule has 1 saturated heterocycles. The van der Waals surface area contributed by atoms with Gasteiger partial charge >= 0.3 is 0 Å². The second-order valence-corrected chi connectivity index (χ2v) is 4.25. The maximum absolute atomic E-state index is 9.09. The molecule has 1 N–H and O–H groups in total. The Balaban J connectivity index is 2.06. The molecule has 1 heterocycles. The quantitative estimate of drug-likeness (QED) is 0.505. The summed E-state index contributed by atoms with van der Waals surface area (Å²) in [5.74, 6) is 1.00. The van der Waals surface area contributed by atoms with Crippen LogP contribution in [0.2, 0.25) is 0 Å². The van der Waals surface area contributed by atoms with Crippen LogP contribution in [0.1, 0.15) is 32.1 Å². The van der Waals surface area contributed by atoms with Gasteiger partial charge in [-0.15, -0.1) is 0 Å². The summed E-state index contributed by atoms with van der Waals surface area (Å²) < 4.78 is 0. The van der Waals surface area contributed by atoms with E-state index in [1.54, 1.807) is 0 Å². The van der Waals surface area contributed by atoms with E-state index in [0.29, 0.717) is 12.6 Å². The Bertz CT molecular complexity index is 132. The molecule has 0 aliphatic carbocycles. The molecule has 0 saturated carbocycles. The van der Waals surface area contributed by atoms with Crippen LogP contribution < -0.4 is 0 Å². The highest BCUT2D eigenvalue weighted by atomic mass is 32.1. The fourth-order valence-electron chi connectivity index (χ4n) is 2.00. The van der Waals surface area contributed by atoms with Crippen molar-refractivity contribution in [1.82, 2.24) is 4.90 Å². The minimum atomic E-state index is 0.340. The first-order valence-corrected chi connectivity index (χ1v) is 5.97. The van der Waals surface area contributed by atoms with Gasteiger partial charge in [0.05, 0.1) is 6.61 Å². The smallest absolute Gasteiger partial charge is 0.0586 e. The zero-order chi connectivity index (χ0) is 9.52. The van der Waals surface area contributed by atoms with Crippen LogP contribution in [0.15, 0.2) is 0 Å². The molecule has 0 spiro atoms. The minimum Gasteiger partial charge on any atom is -0.395 e. The SMILES string of the molecule is OCC1CCCN1CCCCCS. The Morgan fingerprint density at radius 3 is 2.85 bits per heavy atom. The summed E-state index contributed by atoms with van der Waals surface area (Å²) in [6, 6.07) is 0.455. The molecular weight excluding hydrogens is 182 g/mol. The van der Waals surface area contributed by atoms with Gasteiger partial charge in [-0.3, -0.25) is 4.90 Å². The summed E-state index contributed by atoms with van der Waals surface area (Å²) >= 11 is 4.19. The lowest BCUT2D eigenvalue weighted by Crippen LogP contribution is -2.32. The van der Waals surface area contributed by atoms with E-state index in [-0.39, 0.29) is 0 Å². The van der Waals surface area contributed by atoms with E-state index in [9.17, 15) is 0 Å². The summed E-state index contributed by atoms with van der Waals surface area (Å²) in [6.45, 7) is 2.69. The number of hydrogen-bond acceptors (Lipinski definition) is 3. The first kappa shape index (κ1) is 11.3. The number of thiol groups is 1. The van der Waals surface area contributed by atoms with Crippen LogP contribution >= 0.6 is 12.6 Å². The number of likely N-dealkylation sites (tertiary alicyclic amines) is 1. The Kier molecular flexibility index (Phi) is 5.83. The first-order valence-electron chi connectivity index (χ1n) is 5.34. The highest BCUT2D eigenvalue weighted by molar-refractivity contribution is 7.80. The number of hydrogen-bond donors (Lipinski definition) is 2. The van der Waals surface area contributed by atoms with Crippen LogP contribution in [0.4, 0.5) is 0 Å². The molecule has 0 radical (unpaired) electrons. The molecule has 0 aromatic carbocycles. The number of rotatable bonds is 6. The van der Waals surface area contributed by atoms with Gasteiger partial charge in [-0.1, -0.05) is 6.42 Å².